The average Bonchev–Trinajstić information content (AvgIpc) is 3.39. The smallest absolute Gasteiger partial charge is 0.293 e. The van der Waals surface area contributed by atoms with E-state index in [1.807, 2.05) is 11.0 Å². The maximum atomic E-state index is 12.6. The molecule has 1 aromatic carbocycles. The topological polar surface area (TPSA) is 104 Å². The van der Waals surface area contributed by atoms with Crippen LogP contribution in [0.25, 0.3) is 0 Å². The summed E-state index contributed by atoms with van der Waals surface area (Å²) in [4.78, 5) is 29.8. The summed E-state index contributed by atoms with van der Waals surface area (Å²) in [7, 11) is 1.70. The van der Waals surface area contributed by atoms with E-state index in [-0.39, 0.29) is 29.0 Å². The number of aryl methyl sites for hydroxylation is 1. The predicted octanol–water partition coefficient (Wildman–Crippen LogP) is 2.73. The fraction of sp³-hybridized carbons (Fsp3) is 0.263. The molecule has 0 N–H and O–H groups in total. The zero-order chi connectivity index (χ0) is 19.7. The molecule has 3 aromatic rings. The highest BCUT2D eigenvalue weighted by Gasteiger charge is 2.29. The van der Waals surface area contributed by atoms with Crippen molar-refractivity contribution in [1.82, 2.24) is 9.55 Å². The first-order chi connectivity index (χ1) is 13.5. The zero-order valence-electron chi connectivity index (χ0n) is 15.1. The molecule has 1 unspecified atom stereocenters. The van der Waals surface area contributed by atoms with Crippen LogP contribution in [0.15, 0.2) is 53.4 Å². The normalized spacial score (nSPS) is 16.9. The number of hydrogen-bond acceptors (Lipinski definition) is 7. The Balaban J connectivity index is 1.65. The molecular formula is C19H18N4O5. The zero-order valence-corrected chi connectivity index (χ0v) is 15.1. The van der Waals surface area contributed by atoms with Gasteiger partial charge in [0.05, 0.1) is 24.3 Å². The molecule has 9 heteroatoms. The standard InChI is InChI=1S/C19H18N4O5/c1-21-7-6-20-19(21)18(24)13-4-5-14(15(11-13)23(25)26)22-8-10-28-17(12-22)16-3-2-9-27-16/h2-7,9,11,17H,8,10,12H2,1H3. The van der Waals surface area contributed by atoms with Gasteiger partial charge in [-0.1, -0.05) is 0 Å². The highest BCUT2D eigenvalue weighted by atomic mass is 16.6. The van der Waals surface area contributed by atoms with Gasteiger partial charge in [-0.3, -0.25) is 14.9 Å². The summed E-state index contributed by atoms with van der Waals surface area (Å²) in [5.74, 6) is 0.540. The minimum Gasteiger partial charge on any atom is -0.467 e. The van der Waals surface area contributed by atoms with E-state index in [0.717, 1.165) is 0 Å². The third kappa shape index (κ3) is 3.27. The number of morpholine rings is 1. The van der Waals surface area contributed by atoms with Crippen LogP contribution in [-0.4, -0.2) is 40.0 Å². The second-order valence-corrected chi connectivity index (χ2v) is 6.47. The van der Waals surface area contributed by atoms with Crippen LogP contribution in [0.4, 0.5) is 11.4 Å². The maximum Gasteiger partial charge on any atom is 0.293 e. The molecule has 1 saturated heterocycles. The average molecular weight is 382 g/mol. The highest BCUT2D eigenvalue weighted by Crippen LogP contribution is 2.33. The van der Waals surface area contributed by atoms with Crippen LogP contribution in [0, 0.1) is 10.1 Å². The number of anilines is 1. The van der Waals surface area contributed by atoms with Gasteiger partial charge in [0, 0.05) is 37.6 Å². The number of nitro groups is 1. The molecule has 28 heavy (non-hydrogen) atoms. The van der Waals surface area contributed by atoms with Gasteiger partial charge in [-0.15, -0.1) is 0 Å². The first kappa shape index (κ1) is 17.9. The number of ketones is 1. The number of benzene rings is 1. The van der Waals surface area contributed by atoms with E-state index in [1.54, 1.807) is 42.3 Å². The van der Waals surface area contributed by atoms with E-state index in [4.69, 9.17) is 9.15 Å². The molecule has 0 aliphatic carbocycles. The van der Waals surface area contributed by atoms with E-state index in [1.165, 1.54) is 12.3 Å². The van der Waals surface area contributed by atoms with Crippen LogP contribution in [0.2, 0.25) is 0 Å². The Morgan fingerprint density at radius 3 is 2.89 bits per heavy atom. The molecule has 1 aliphatic heterocycles. The lowest BCUT2D eigenvalue weighted by Crippen LogP contribution is -2.38. The van der Waals surface area contributed by atoms with Gasteiger partial charge in [0.2, 0.25) is 5.78 Å². The van der Waals surface area contributed by atoms with Gasteiger partial charge >= 0.3 is 0 Å². The Labute approximate surface area is 160 Å². The summed E-state index contributed by atoms with van der Waals surface area (Å²) in [6, 6.07) is 8.11. The Bertz CT molecular complexity index is 1010. The molecule has 0 bridgehead atoms. The molecule has 0 saturated carbocycles. The Kier molecular flexibility index (Phi) is 4.66. The van der Waals surface area contributed by atoms with Crippen molar-refractivity contribution in [3.8, 4) is 0 Å². The lowest BCUT2D eigenvalue weighted by Gasteiger charge is -2.33. The first-order valence-electron chi connectivity index (χ1n) is 8.75. The Morgan fingerprint density at radius 2 is 2.21 bits per heavy atom. The number of hydrogen-bond donors (Lipinski definition) is 0. The molecule has 1 aliphatic rings. The van der Waals surface area contributed by atoms with Crippen LogP contribution in [0.1, 0.15) is 28.0 Å². The van der Waals surface area contributed by atoms with E-state index < -0.39 is 4.92 Å². The van der Waals surface area contributed by atoms with Crippen molar-refractivity contribution < 1.29 is 18.9 Å². The number of nitro benzene ring substituents is 1. The Hall–Kier alpha value is -3.46. The molecule has 0 spiro atoms. The monoisotopic (exact) mass is 382 g/mol. The Morgan fingerprint density at radius 1 is 1.36 bits per heavy atom. The van der Waals surface area contributed by atoms with E-state index in [0.29, 0.717) is 31.1 Å². The molecule has 1 atom stereocenters. The van der Waals surface area contributed by atoms with Gasteiger partial charge in [0.15, 0.2) is 5.82 Å². The quantitative estimate of drug-likeness (QED) is 0.380. The molecule has 4 rings (SSSR count). The van der Waals surface area contributed by atoms with E-state index >= 15 is 0 Å². The number of ether oxygens (including phenoxy) is 1. The number of nitrogens with zero attached hydrogens (tertiary/aromatic N) is 4. The SMILES string of the molecule is Cn1ccnc1C(=O)c1ccc(N2CCOC(c3ccco3)C2)c([N+](=O)[O-])c1. The number of carbonyl (C=O) groups is 1. The third-order valence-corrected chi connectivity index (χ3v) is 4.73. The van der Waals surface area contributed by atoms with Gasteiger partial charge in [0.1, 0.15) is 17.6 Å². The molecule has 3 heterocycles. The molecule has 1 fully saturated rings. The van der Waals surface area contributed by atoms with Crippen LogP contribution < -0.4 is 4.90 Å². The largest absolute Gasteiger partial charge is 0.467 e. The van der Waals surface area contributed by atoms with Crippen molar-refractivity contribution in [2.45, 2.75) is 6.10 Å². The van der Waals surface area contributed by atoms with Gasteiger partial charge in [0.25, 0.3) is 5.69 Å². The van der Waals surface area contributed by atoms with Crippen LogP contribution in [0.5, 0.6) is 0 Å². The van der Waals surface area contributed by atoms with Gasteiger partial charge in [-0.25, -0.2) is 4.98 Å². The van der Waals surface area contributed by atoms with Gasteiger partial charge < -0.3 is 18.6 Å². The van der Waals surface area contributed by atoms with Crippen molar-refractivity contribution in [2.75, 3.05) is 24.6 Å². The van der Waals surface area contributed by atoms with Crippen molar-refractivity contribution in [2.24, 2.45) is 7.05 Å². The molecule has 0 radical (unpaired) electrons. The lowest BCUT2D eigenvalue weighted by atomic mass is 10.1. The van der Waals surface area contributed by atoms with E-state index in [2.05, 4.69) is 4.98 Å². The molecule has 2 aromatic heterocycles. The number of rotatable bonds is 5. The minimum absolute atomic E-state index is 0.125. The number of aromatic nitrogens is 2. The molecule has 144 valence electrons. The molecule has 9 nitrogen and oxygen atoms in total. The fourth-order valence-corrected chi connectivity index (χ4v) is 3.31. The van der Waals surface area contributed by atoms with Crippen LogP contribution >= 0.6 is 0 Å². The predicted molar refractivity (Wildman–Crippen MR) is 99.4 cm³/mol. The molecular weight excluding hydrogens is 364 g/mol. The summed E-state index contributed by atoms with van der Waals surface area (Å²) < 4.78 is 12.7. The van der Waals surface area contributed by atoms with Crippen LogP contribution in [-0.2, 0) is 11.8 Å². The summed E-state index contributed by atoms with van der Waals surface area (Å²) in [6.07, 6.45) is 4.42. The van der Waals surface area contributed by atoms with E-state index in [9.17, 15) is 14.9 Å². The fourth-order valence-electron chi connectivity index (χ4n) is 3.31. The van der Waals surface area contributed by atoms with Crippen LogP contribution in [0.3, 0.4) is 0 Å². The van der Waals surface area contributed by atoms with Crippen molar-refractivity contribution in [1.29, 1.82) is 0 Å². The van der Waals surface area contributed by atoms with Crippen molar-refractivity contribution in [3.05, 3.63) is 76.3 Å². The summed E-state index contributed by atoms with van der Waals surface area (Å²) in [5, 5.41) is 11.7. The lowest BCUT2D eigenvalue weighted by molar-refractivity contribution is -0.384. The van der Waals surface area contributed by atoms with Gasteiger partial charge in [-0.2, -0.15) is 0 Å². The second kappa shape index (κ2) is 7.28. The number of imidazole rings is 1. The summed E-state index contributed by atoms with van der Waals surface area (Å²) in [5.41, 5.74) is 0.544. The minimum atomic E-state index is -0.470. The third-order valence-electron chi connectivity index (χ3n) is 4.73. The molecule has 0 amide bonds. The van der Waals surface area contributed by atoms with Crippen molar-refractivity contribution >= 4 is 17.2 Å². The van der Waals surface area contributed by atoms with Crippen molar-refractivity contribution in [3.63, 3.8) is 0 Å². The van der Waals surface area contributed by atoms with Gasteiger partial charge in [-0.05, 0) is 24.3 Å². The maximum absolute atomic E-state index is 12.6. The highest BCUT2D eigenvalue weighted by molar-refractivity contribution is 6.07. The summed E-state index contributed by atoms with van der Waals surface area (Å²) >= 11 is 0. The number of furan rings is 1. The summed E-state index contributed by atoms with van der Waals surface area (Å²) in [6.45, 7) is 1.34. The number of carbonyl (C=O) groups excluding carboxylic acids is 1. The first-order valence-corrected chi connectivity index (χ1v) is 8.75. The second-order valence-electron chi connectivity index (χ2n) is 6.47.